The molecule has 0 saturated carbocycles. The molecular weight excluding hydrogens is 242 g/mol. The zero-order valence-corrected chi connectivity index (χ0v) is 11.5. The van der Waals surface area contributed by atoms with Gasteiger partial charge in [0.15, 0.2) is 0 Å². The van der Waals surface area contributed by atoms with Crippen molar-refractivity contribution >= 4 is 22.9 Å². The maximum Gasteiger partial charge on any atom is 0.106 e. The standard InChI is InChI=1S/C14H21N3S/c15-14(18)12-6-2-3-7-13(12)16-8-11-17-9-4-1-5-10-17/h2-3,6-7,16H,1,4-5,8-11H2,(H2,15,18). The number of benzene rings is 1. The van der Waals surface area contributed by atoms with Crippen LogP contribution in [0, 0.1) is 0 Å². The number of nitrogens with zero attached hydrogens (tertiary/aromatic N) is 1. The highest BCUT2D eigenvalue weighted by atomic mass is 32.1. The molecule has 98 valence electrons. The Hall–Kier alpha value is -1.13. The molecule has 0 aromatic heterocycles. The highest BCUT2D eigenvalue weighted by Crippen LogP contribution is 2.14. The molecule has 1 aromatic carbocycles. The van der Waals surface area contributed by atoms with Gasteiger partial charge in [0, 0.05) is 24.3 Å². The van der Waals surface area contributed by atoms with Gasteiger partial charge < -0.3 is 16.0 Å². The summed E-state index contributed by atoms with van der Waals surface area (Å²) in [6.07, 6.45) is 4.06. The number of nitrogens with two attached hydrogens (primary N) is 1. The molecule has 3 N–H and O–H groups in total. The molecule has 18 heavy (non-hydrogen) atoms. The monoisotopic (exact) mass is 263 g/mol. The zero-order chi connectivity index (χ0) is 12.8. The van der Waals surface area contributed by atoms with Gasteiger partial charge in [0.2, 0.25) is 0 Å². The van der Waals surface area contributed by atoms with Gasteiger partial charge in [-0.05, 0) is 38.1 Å². The van der Waals surface area contributed by atoms with Crippen molar-refractivity contribution in [2.45, 2.75) is 19.3 Å². The summed E-state index contributed by atoms with van der Waals surface area (Å²) in [7, 11) is 0. The van der Waals surface area contributed by atoms with E-state index in [0.717, 1.165) is 24.3 Å². The van der Waals surface area contributed by atoms with Crippen LogP contribution in [0.2, 0.25) is 0 Å². The molecule has 0 aliphatic carbocycles. The maximum atomic E-state index is 5.71. The molecule has 2 rings (SSSR count). The fourth-order valence-corrected chi connectivity index (χ4v) is 2.56. The Bertz CT molecular complexity index is 400. The van der Waals surface area contributed by atoms with E-state index in [4.69, 9.17) is 18.0 Å². The average molecular weight is 263 g/mol. The number of hydrogen-bond donors (Lipinski definition) is 2. The van der Waals surface area contributed by atoms with Crippen molar-refractivity contribution in [3.05, 3.63) is 29.8 Å². The second-order valence-corrected chi connectivity index (χ2v) is 5.18. The molecular formula is C14H21N3S. The number of hydrogen-bond acceptors (Lipinski definition) is 3. The summed E-state index contributed by atoms with van der Waals surface area (Å²) in [5, 5.41) is 3.43. The summed E-state index contributed by atoms with van der Waals surface area (Å²) in [5.41, 5.74) is 7.69. The predicted molar refractivity (Wildman–Crippen MR) is 81.1 cm³/mol. The molecule has 1 heterocycles. The van der Waals surface area contributed by atoms with Crippen molar-refractivity contribution in [3.8, 4) is 0 Å². The number of nitrogens with one attached hydrogen (secondary N) is 1. The molecule has 1 fully saturated rings. The first kappa shape index (κ1) is 13.3. The first-order chi connectivity index (χ1) is 8.77. The second-order valence-electron chi connectivity index (χ2n) is 4.74. The topological polar surface area (TPSA) is 41.3 Å². The third kappa shape index (κ3) is 3.68. The molecule has 1 aromatic rings. The van der Waals surface area contributed by atoms with Crippen LogP contribution in [0.3, 0.4) is 0 Å². The Labute approximate surface area is 114 Å². The van der Waals surface area contributed by atoms with Gasteiger partial charge in [-0.15, -0.1) is 0 Å². The molecule has 1 aliphatic heterocycles. The van der Waals surface area contributed by atoms with Crippen LogP contribution in [0.1, 0.15) is 24.8 Å². The number of piperidine rings is 1. The highest BCUT2D eigenvalue weighted by Gasteiger charge is 2.09. The normalized spacial score (nSPS) is 16.4. The molecule has 0 amide bonds. The molecule has 1 aliphatic rings. The van der Waals surface area contributed by atoms with Crippen molar-refractivity contribution in [2.24, 2.45) is 5.73 Å². The fraction of sp³-hybridized carbons (Fsp3) is 0.500. The maximum absolute atomic E-state index is 5.71. The van der Waals surface area contributed by atoms with Gasteiger partial charge in [0.1, 0.15) is 4.99 Å². The Morgan fingerprint density at radius 1 is 1.22 bits per heavy atom. The van der Waals surface area contributed by atoms with Crippen LogP contribution in [-0.2, 0) is 0 Å². The van der Waals surface area contributed by atoms with E-state index >= 15 is 0 Å². The third-order valence-electron chi connectivity index (χ3n) is 3.38. The first-order valence-corrected chi connectivity index (χ1v) is 7.03. The quantitative estimate of drug-likeness (QED) is 0.799. The number of anilines is 1. The van der Waals surface area contributed by atoms with E-state index in [-0.39, 0.29) is 0 Å². The van der Waals surface area contributed by atoms with Gasteiger partial charge >= 0.3 is 0 Å². The lowest BCUT2D eigenvalue weighted by atomic mass is 10.1. The van der Waals surface area contributed by atoms with Crippen molar-refractivity contribution in [1.29, 1.82) is 0 Å². The predicted octanol–water partition coefficient (Wildman–Crippen LogP) is 2.22. The number of likely N-dealkylation sites (tertiary alicyclic amines) is 1. The summed E-state index contributed by atoms with van der Waals surface area (Å²) >= 11 is 5.05. The second kappa shape index (κ2) is 6.71. The summed E-state index contributed by atoms with van der Waals surface area (Å²) in [6, 6.07) is 7.96. The largest absolute Gasteiger partial charge is 0.389 e. The van der Waals surface area contributed by atoms with Gasteiger partial charge in [-0.25, -0.2) is 0 Å². The fourth-order valence-electron chi connectivity index (χ4n) is 2.38. The summed E-state index contributed by atoms with van der Waals surface area (Å²) in [5.74, 6) is 0. The van der Waals surface area contributed by atoms with Crippen LogP contribution in [0.5, 0.6) is 0 Å². The van der Waals surface area contributed by atoms with Crippen molar-refractivity contribution in [3.63, 3.8) is 0 Å². The van der Waals surface area contributed by atoms with Gasteiger partial charge in [-0.3, -0.25) is 0 Å². The highest BCUT2D eigenvalue weighted by molar-refractivity contribution is 7.80. The molecule has 0 atom stereocenters. The Morgan fingerprint density at radius 2 is 1.94 bits per heavy atom. The first-order valence-electron chi connectivity index (χ1n) is 6.62. The van der Waals surface area contributed by atoms with E-state index in [1.807, 2.05) is 24.3 Å². The molecule has 1 saturated heterocycles. The lowest BCUT2D eigenvalue weighted by Crippen LogP contribution is -2.33. The van der Waals surface area contributed by atoms with Crippen LogP contribution in [0.15, 0.2) is 24.3 Å². The van der Waals surface area contributed by atoms with E-state index in [1.165, 1.54) is 32.4 Å². The third-order valence-corrected chi connectivity index (χ3v) is 3.60. The van der Waals surface area contributed by atoms with Crippen LogP contribution < -0.4 is 11.1 Å². The van der Waals surface area contributed by atoms with Crippen LogP contribution in [0.25, 0.3) is 0 Å². The Balaban J connectivity index is 1.84. The molecule has 0 bridgehead atoms. The molecule has 0 unspecified atom stereocenters. The van der Waals surface area contributed by atoms with Crippen molar-refractivity contribution < 1.29 is 0 Å². The minimum atomic E-state index is 0.455. The van der Waals surface area contributed by atoms with Crippen LogP contribution in [0.4, 0.5) is 5.69 Å². The molecule has 3 nitrogen and oxygen atoms in total. The SMILES string of the molecule is NC(=S)c1ccccc1NCCN1CCCCC1. The number of para-hydroxylation sites is 1. The smallest absolute Gasteiger partial charge is 0.106 e. The van der Waals surface area contributed by atoms with E-state index in [1.54, 1.807) is 0 Å². The van der Waals surface area contributed by atoms with E-state index in [0.29, 0.717) is 4.99 Å². The van der Waals surface area contributed by atoms with Gasteiger partial charge in [-0.1, -0.05) is 30.8 Å². The summed E-state index contributed by atoms with van der Waals surface area (Å²) in [6.45, 7) is 4.50. The van der Waals surface area contributed by atoms with Crippen LogP contribution >= 0.6 is 12.2 Å². The van der Waals surface area contributed by atoms with E-state index < -0.39 is 0 Å². The van der Waals surface area contributed by atoms with E-state index in [2.05, 4.69) is 10.2 Å². The molecule has 4 heteroatoms. The molecule has 0 spiro atoms. The van der Waals surface area contributed by atoms with Gasteiger partial charge in [0.05, 0.1) is 0 Å². The number of rotatable bonds is 5. The van der Waals surface area contributed by atoms with Crippen molar-refractivity contribution in [1.82, 2.24) is 4.90 Å². The van der Waals surface area contributed by atoms with Crippen molar-refractivity contribution in [2.75, 3.05) is 31.5 Å². The Kier molecular flexibility index (Phi) is 4.96. The summed E-state index contributed by atoms with van der Waals surface area (Å²) in [4.78, 5) is 2.97. The van der Waals surface area contributed by atoms with Crippen LogP contribution in [-0.4, -0.2) is 36.1 Å². The van der Waals surface area contributed by atoms with Gasteiger partial charge in [0.25, 0.3) is 0 Å². The minimum Gasteiger partial charge on any atom is -0.389 e. The lowest BCUT2D eigenvalue weighted by Gasteiger charge is -2.26. The number of thiocarbonyl (C=S) groups is 1. The average Bonchev–Trinajstić information content (AvgIpc) is 2.40. The zero-order valence-electron chi connectivity index (χ0n) is 10.7. The minimum absolute atomic E-state index is 0.455. The lowest BCUT2D eigenvalue weighted by molar-refractivity contribution is 0.237. The van der Waals surface area contributed by atoms with E-state index in [9.17, 15) is 0 Å². The summed E-state index contributed by atoms with van der Waals surface area (Å²) < 4.78 is 0. The van der Waals surface area contributed by atoms with Gasteiger partial charge in [-0.2, -0.15) is 0 Å². The molecule has 0 radical (unpaired) electrons. The Morgan fingerprint density at radius 3 is 2.67 bits per heavy atom.